The minimum Gasteiger partial charge on any atom is -0.465 e. The van der Waals surface area contributed by atoms with Crippen molar-refractivity contribution in [3.05, 3.63) is 53.1 Å². The van der Waals surface area contributed by atoms with Crippen molar-refractivity contribution in [1.29, 1.82) is 0 Å². The zero-order valence-corrected chi connectivity index (χ0v) is 17.5. The maximum Gasteiger partial charge on any atom is 0.337 e. The van der Waals surface area contributed by atoms with Gasteiger partial charge < -0.3 is 4.74 Å². The lowest BCUT2D eigenvalue weighted by Gasteiger charge is -2.11. The number of benzene rings is 2. The summed E-state index contributed by atoms with van der Waals surface area (Å²) >= 11 is 5.97. The maximum absolute atomic E-state index is 12.6. The third-order valence-electron chi connectivity index (χ3n) is 3.60. The van der Waals surface area contributed by atoms with Crippen molar-refractivity contribution in [1.82, 2.24) is 4.72 Å². The average Bonchev–Trinajstić information content (AvgIpc) is 2.66. The molecule has 2 aromatic rings. The standard InChI is InChI=1S/C17H19ClN2O6S2/c1-3-10-19-27(22,23)14-7-5-13(6-8-14)20-28(24,25)16-11-12(17(21)26-2)4-9-15(16)18/h4-9,11,19-20H,3,10H2,1-2H3. The van der Waals surface area contributed by atoms with E-state index in [2.05, 4.69) is 14.2 Å². The molecule has 0 atom stereocenters. The monoisotopic (exact) mass is 446 g/mol. The third kappa shape index (κ3) is 5.22. The summed E-state index contributed by atoms with van der Waals surface area (Å²) in [6, 6.07) is 8.91. The van der Waals surface area contributed by atoms with Gasteiger partial charge in [-0.2, -0.15) is 0 Å². The fourth-order valence-corrected chi connectivity index (χ4v) is 4.91. The molecule has 0 radical (unpaired) electrons. The first kappa shape index (κ1) is 22.2. The molecule has 2 aromatic carbocycles. The van der Waals surface area contributed by atoms with E-state index in [1.54, 1.807) is 0 Å². The normalized spacial score (nSPS) is 11.8. The van der Waals surface area contributed by atoms with E-state index in [1.165, 1.54) is 43.5 Å². The van der Waals surface area contributed by atoms with Crippen molar-refractivity contribution in [3.63, 3.8) is 0 Å². The number of rotatable bonds is 8. The van der Waals surface area contributed by atoms with Crippen molar-refractivity contribution >= 4 is 43.3 Å². The Hall–Kier alpha value is -2.14. The number of hydrogen-bond acceptors (Lipinski definition) is 6. The largest absolute Gasteiger partial charge is 0.465 e. The highest BCUT2D eigenvalue weighted by Crippen LogP contribution is 2.26. The van der Waals surface area contributed by atoms with Crippen LogP contribution in [0.25, 0.3) is 0 Å². The Kier molecular flexibility index (Phi) is 7.05. The number of methoxy groups -OCH3 is 1. The first-order valence-electron chi connectivity index (χ1n) is 8.11. The minimum atomic E-state index is -4.13. The van der Waals surface area contributed by atoms with Gasteiger partial charge in [-0.05, 0) is 48.9 Å². The minimum absolute atomic E-state index is 0.00891. The van der Waals surface area contributed by atoms with Gasteiger partial charge in [0.15, 0.2) is 0 Å². The van der Waals surface area contributed by atoms with Crippen LogP contribution in [-0.4, -0.2) is 36.5 Å². The summed E-state index contributed by atoms with van der Waals surface area (Å²) in [5, 5.41) is -0.0804. The maximum atomic E-state index is 12.6. The summed E-state index contributed by atoms with van der Waals surface area (Å²) in [5.74, 6) is -0.706. The van der Waals surface area contributed by atoms with E-state index in [0.717, 1.165) is 6.07 Å². The fourth-order valence-electron chi connectivity index (χ4n) is 2.19. The van der Waals surface area contributed by atoms with E-state index in [1.807, 2.05) is 6.92 Å². The molecule has 152 valence electrons. The molecule has 28 heavy (non-hydrogen) atoms. The lowest BCUT2D eigenvalue weighted by Crippen LogP contribution is -2.24. The highest BCUT2D eigenvalue weighted by molar-refractivity contribution is 7.92. The molecule has 2 rings (SSSR count). The lowest BCUT2D eigenvalue weighted by atomic mass is 10.2. The quantitative estimate of drug-likeness (QED) is 0.601. The fraction of sp³-hybridized carbons (Fsp3) is 0.235. The third-order valence-corrected chi connectivity index (χ3v) is 6.94. The van der Waals surface area contributed by atoms with Crippen LogP contribution in [0.5, 0.6) is 0 Å². The molecule has 0 aromatic heterocycles. The van der Waals surface area contributed by atoms with Gasteiger partial charge in [-0.3, -0.25) is 4.72 Å². The number of anilines is 1. The molecule has 0 amide bonds. The summed E-state index contributed by atoms with van der Waals surface area (Å²) in [6.45, 7) is 2.13. The number of carbonyl (C=O) groups is 1. The number of hydrogen-bond donors (Lipinski definition) is 2. The SMILES string of the molecule is CCCNS(=O)(=O)c1ccc(NS(=O)(=O)c2cc(C(=O)OC)ccc2Cl)cc1. The summed E-state index contributed by atoms with van der Waals surface area (Å²) in [7, 11) is -6.61. The molecule has 0 aliphatic heterocycles. The number of ether oxygens (including phenoxy) is 1. The molecule has 0 spiro atoms. The molecule has 8 nitrogen and oxygen atoms in total. The van der Waals surface area contributed by atoms with Crippen LogP contribution in [-0.2, 0) is 24.8 Å². The van der Waals surface area contributed by atoms with Crippen LogP contribution in [0.1, 0.15) is 23.7 Å². The molecular weight excluding hydrogens is 428 g/mol. The zero-order valence-electron chi connectivity index (χ0n) is 15.1. The Morgan fingerprint density at radius 1 is 1.04 bits per heavy atom. The second kappa shape index (κ2) is 8.91. The second-order valence-corrected chi connectivity index (χ2v) is 9.49. The summed E-state index contributed by atoms with van der Waals surface area (Å²) in [4.78, 5) is 11.3. The zero-order chi connectivity index (χ0) is 20.9. The highest BCUT2D eigenvalue weighted by Gasteiger charge is 2.21. The Morgan fingerprint density at radius 3 is 2.25 bits per heavy atom. The number of esters is 1. The molecule has 0 saturated heterocycles. The van der Waals surface area contributed by atoms with Gasteiger partial charge >= 0.3 is 5.97 Å². The van der Waals surface area contributed by atoms with Gasteiger partial charge in [-0.25, -0.2) is 26.4 Å². The van der Waals surface area contributed by atoms with Crippen LogP contribution in [0.3, 0.4) is 0 Å². The second-order valence-electron chi connectivity index (χ2n) is 5.66. The molecule has 0 fully saturated rings. The molecule has 11 heteroatoms. The molecule has 0 bridgehead atoms. The van der Waals surface area contributed by atoms with E-state index in [9.17, 15) is 21.6 Å². The van der Waals surface area contributed by atoms with Gasteiger partial charge in [0.2, 0.25) is 10.0 Å². The van der Waals surface area contributed by atoms with Crippen molar-refractivity contribution < 1.29 is 26.4 Å². The Labute approximate surface area is 169 Å². The van der Waals surface area contributed by atoms with Crippen LogP contribution < -0.4 is 9.44 Å². The topological polar surface area (TPSA) is 119 Å². The predicted octanol–water partition coefficient (Wildman–Crippen LogP) is 2.62. The van der Waals surface area contributed by atoms with Gasteiger partial charge in [0.25, 0.3) is 10.0 Å². The Morgan fingerprint density at radius 2 is 1.68 bits per heavy atom. The summed E-state index contributed by atoms with van der Waals surface area (Å²) in [5.41, 5.74) is 0.157. The van der Waals surface area contributed by atoms with Crippen LogP contribution in [0, 0.1) is 0 Å². The van der Waals surface area contributed by atoms with E-state index < -0.39 is 26.0 Å². The number of nitrogens with one attached hydrogen (secondary N) is 2. The van der Waals surface area contributed by atoms with Crippen molar-refractivity contribution in [2.45, 2.75) is 23.1 Å². The smallest absolute Gasteiger partial charge is 0.337 e. The first-order chi connectivity index (χ1) is 13.1. The molecule has 0 heterocycles. The van der Waals surface area contributed by atoms with Crippen LogP contribution in [0.4, 0.5) is 5.69 Å². The molecule has 2 N–H and O–H groups in total. The Balaban J connectivity index is 2.29. The summed E-state index contributed by atoms with van der Waals surface area (Å²) in [6.07, 6.45) is 0.641. The Bertz CT molecular complexity index is 1070. The van der Waals surface area contributed by atoms with E-state index >= 15 is 0 Å². The number of sulfonamides is 2. The van der Waals surface area contributed by atoms with E-state index in [4.69, 9.17) is 11.6 Å². The molecule has 0 aliphatic rings. The van der Waals surface area contributed by atoms with Gasteiger partial charge in [-0.1, -0.05) is 18.5 Å². The average molecular weight is 447 g/mol. The van der Waals surface area contributed by atoms with Crippen molar-refractivity contribution in [2.75, 3.05) is 18.4 Å². The lowest BCUT2D eigenvalue weighted by molar-refractivity contribution is 0.0600. The van der Waals surface area contributed by atoms with Gasteiger partial charge in [-0.15, -0.1) is 0 Å². The van der Waals surface area contributed by atoms with Crippen molar-refractivity contribution in [2.24, 2.45) is 0 Å². The molecule has 0 aliphatic carbocycles. The predicted molar refractivity (Wildman–Crippen MR) is 106 cm³/mol. The molecular formula is C17H19ClN2O6S2. The van der Waals surface area contributed by atoms with E-state index in [0.29, 0.717) is 13.0 Å². The van der Waals surface area contributed by atoms with Crippen LogP contribution in [0.2, 0.25) is 5.02 Å². The summed E-state index contributed by atoms with van der Waals surface area (Å²) < 4.78 is 58.7. The number of halogens is 1. The first-order valence-corrected chi connectivity index (χ1v) is 11.5. The van der Waals surface area contributed by atoms with Gasteiger partial charge in [0.1, 0.15) is 4.90 Å². The molecule has 0 unspecified atom stereocenters. The van der Waals surface area contributed by atoms with Gasteiger partial charge in [0, 0.05) is 12.2 Å². The van der Waals surface area contributed by atoms with E-state index in [-0.39, 0.29) is 26.1 Å². The van der Waals surface area contributed by atoms with Gasteiger partial charge in [0.05, 0.1) is 22.6 Å². The van der Waals surface area contributed by atoms with Crippen molar-refractivity contribution in [3.8, 4) is 0 Å². The highest BCUT2D eigenvalue weighted by atomic mass is 35.5. The molecule has 0 saturated carbocycles. The van der Waals surface area contributed by atoms with Crippen LogP contribution in [0.15, 0.2) is 52.3 Å². The van der Waals surface area contributed by atoms with Crippen LogP contribution >= 0.6 is 11.6 Å². The number of carbonyl (C=O) groups excluding carboxylic acids is 1.